The molecule has 0 unspecified atom stereocenters. The molecule has 0 saturated carbocycles. The molecule has 0 aromatic rings. The zero-order valence-corrected chi connectivity index (χ0v) is 35.2. The van der Waals surface area contributed by atoms with Crippen LogP contribution in [-0.2, 0) is 25.0 Å². The monoisotopic (exact) mass is 739 g/mol. The fourth-order valence-corrected chi connectivity index (χ4v) is 10.0. The third-order valence-electron chi connectivity index (χ3n) is 9.85. The fraction of sp³-hybridized carbons (Fsp3) is 1.00. The first-order chi connectivity index (χ1) is 22.9. The Morgan fingerprint density at radius 2 is 0.816 bits per heavy atom. The van der Waals surface area contributed by atoms with Gasteiger partial charge < -0.3 is 14.5 Å². The van der Waals surface area contributed by atoms with E-state index in [1.807, 2.05) is 27.7 Å². The molecule has 13 heteroatoms. The van der Waals surface area contributed by atoms with Gasteiger partial charge in [0, 0.05) is 70.0 Å². The van der Waals surface area contributed by atoms with Crippen LogP contribution in [0.2, 0.25) is 0 Å². The number of piperidine rings is 1. The summed E-state index contributed by atoms with van der Waals surface area (Å²) in [6, 6.07) is 2.43. The number of likely N-dealkylation sites (tertiary alicyclic amines) is 2. The second kappa shape index (κ2) is 24.0. The highest BCUT2D eigenvalue weighted by Gasteiger charge is 2.32. The first-order valence-electron chi connectivity index (χ1n) is 19.4. The van der Waals surface area contributed by atoms with Gasteiger partial charge >= 0.3 is 0 Å². The molecule has 0 amide bonds. The number of hydrogen-bond donors (Lipinski definition) is 0. The second-order valence-electron chi connectivity index (χ2n) is 15.4. The van der Waals surface area contributed by atoms with Gasteiger partial charge in [-0.3, -0.25) is 4.90 Å². The summed E-state index contributed by atoms with van der Waals surface area (Å²) < 4.78 is 55.7. The summed E-state index contributed by atoms with van der Waals surface area (Å²) in [6.07, 6.45) is 9.87. The average molecular weight is 739 g/mol. The van der Waals surface area contributed by atoms with Crippen molar-refractivity contribution in [3.63, 3.8) is 0 Å². The minimum absolute atomic E-state index is 0.0674. The van der Waals surface area contributed by atoms with Gasteiger partial charge in [-0.2, -0.15) is 21.3 Å². The van der Waals surface area contributed by atoms with Gasteiger partial charge in [-0.05, 0) is 140 Å². The Bertz CT molecular complexity index is 1030. The van der Waals surface area contributed by atoms with Crippen molar-refractivity contribution in [2.45, 2.75) is 151 Å². The normalized spacial score (nSPS) is 24.4. The van der Waals surface area contributed by atoms with Crippen LogP contribution in [0.1, 0.15) is 121 Å². The summed E-state index contributed by atoms with van der Waals surface area (Å²) in [7, 11) is -4.40. The van der Waals surface area contributed by atoms with Gasteiger partial charge in [-0.1, -0.05) is 6.42 Å². The third kappa shape index (κ3) is 17.8. The predicted molar refractivity (Wildman–Crippen MR) is 207 cm³/mol. The molecule has 0 N–H and O–H groups in total. The van der Waals surface area contributed by atoms with Gasteiger partial charge in [0.15, 0.2) is 0 Å². The number of ether oxygens (including phenoxy) is 1. The van der Waals surface area contributed by atoms with Gasteiger partial charge in [-0.25, -0.2) is 8.42 Å². The van der Waals surface area contributed by atoms with Crippen molar-refractivity contribution in [1.82, 2.24) is 27.6 Å². The summed E-state index contributed by atoms with van der Waals surface area (Å²) in [6.45, 7) is 32.6. The largest absolute Gasteiger partial charge is 0.379 e. The van der Waals surface area contributed by atoms with Gasteiger partial charge in [-0.15, -0.1) is 0 Å². The molecule has 0 bridgehead atoms. The van der Waals surface area contributed by atoms with Crippen LogP contribution in [-0.4, -0.2) is 160 Å². The van der Waals surface area contributed by atoms with Crippen molar-refractivity contribution in [3.05, 3.63) is 0 Å². The Balaban J connectivity index is 0.000000308. The van der Waals surface area contributed by atoms with Crippen LogP contribution in [0.15, 0.2) is 0 Å². The van der Waals surface area contributed by atoms with Crippen LogP contribution < -0.4 is 0 Å². The molecule has 5 aliphatic heterocycles. The van der Waals surface area contributed by atoms with Gasteiger partial charge in [0.1, 0.15) is 0 Å². The van der Waals surface area contributed by atoms with E-state index in [9.17, 15) is 16.8 Å². The summed E-state index contributed by atoms with van der Waals surface area (Å²) in [5, 5.41) is 0. The maximum atomic E-state index is 11.6. The molecule has 0 aliphatic carbocycles. The number of nitrogens with zero attached hydrogens (tertiary/aromatic N) is 6. The van der Waals surface area contributed by atoms with Crippen molar-refractivity contribution >= 4 is 20.2 Å². The standard InChI is InChI=1S/C8H17N.C7H16N2O2S.C7H15NO2S.C7H15NO.C7H15N/c1-8(2)9-6-4-3-5-7-9;1-7(2)9-6-4-5-8(3)12(9,10)11;1-7(2)8-5-3-4-6-11(8,9)10;1-7(2)8-3-5-9-6-4-8;1-7(2)8-5-3-4-6-8/h8H,3-7H2,1-2H3;7H,4-6H2,1-3H3;7H,3-6H2,1-2H3;7H,3-6H2,1-2H3;7H,3-6H2,1-2H3. The van der Waals surface area contributed by atoms with Crippen molar-refractivity contribution < 1.29 is 21.6 Å². The van der Waals surface area contributed by atoms with Crippen LogP contribution in [0, 0.1) is 0 Å². The molecule has 5 saturated heterocycles. The van der Waals surface area contributed by atoms with Crippen molar-refractivity contribution in [1.29, 1.82) is 0 Å². The smallest absolute Gasteiger partial charge is 0.281 e. The Hall–Kier alpha value is -0.380. The SMILES string of the molecule is CC(C)N1CCCC1.CC(C)N1CCCCC1.CC(C)N1CCCCS1(=O)=O.CC(C)N1CCCN(C)S1(=O)=O.CC(C)N1CCOCC1. The average Bonchev–Trinajstić information content (AvgIpc) is 3.60. The highest BCUT2D eigenvalue weighted by atomic mass is 32.2. The van der Waals surface area contributed by atoms with Gasteiger partial charge in [0.05, 0.1) is 19.0 Å². The maximum absolute atomic E-state index is 11.6. The highest BCUT2D eigenvalue weighted by Crippen LogP contribution is 2.17. The molecule has 0 aromatic heterocycles. The van der Waals surface area contributed by atoms with E-state index in [-0.39, 0.29) is 12.1 Å². The molecule has 0 aromatic carbocycles. The lowest BCUT2D eigenvalue weighted by atomic mass is 10.1. The fourth-order valence-electron chi connectivity index (χ4n) is 6.56. The van der Waals surface area contributed by atoms with E-state index in [1.165, 1.54) is 66.9 Å². The minimum Gasteiger partial charge on any atom is -0.379 e. The second-order valence-corrected chi connectivity index (χ2v) is 19.4. The van der Waals surface area contributed by atoms with Crippen LogP contribution in [0.25, 0.3) is 0 Å². The molecule has 294 valence electrons. The van der Waals surface area contributed by atoms with Crippen LogP contribution >= 0.6 is 0 Å². The molecule has 5 fully saturated rings. The first kappa shape index (κ1) is 46.6. The lowest BCUT2D eigenvalue weighted by Gasteiger charge is -2.34. The molecule has 11 nitrogen and oxygen atoms in total. The van der Waals surface area contributed by atoms with Gasteiger partial charge in [0.25, 0.3) is 10.2 Å². The van der Waals surface area contributed by atoms with Crippen molar-refractivity contribution in [3.8, 4) is 0 Å². The lowest BCUT2D eigenvalue weighted by molar-refractivity contribution is 0.0238. The number of rotatable bonds is 5. The molecule has 5 heterocycles. The lowest BCUT2D eigenvalue weighted by Crippen LogP contribution is -2.50. The molecule has 5 aliphatic rings. The summed E-state index contributed by atoms with van der Waals surface area (Å²) in [4.78, 5) is 7.52. The number of hydrogen-bond acceptors (Lipinski definition) is 8. The van der Waals surface area contributed by atoms with E-state index in [1.54, 1.807) is 11.4 Å². The van der Waals surface area contributed by atoms with Crippen molar-refractivity contribution in [2.75, 3.05) is 84.9 Å². The molecular weight excluding hydrogens is 661 g/mol. The van der Waals surface area contributed by atoms with E-state index >= 15 is 0 Å². The molecule has 5 rings (SSSR count). The molecule has 0 radical (unpaired) electrons. The summed E-state index contributed by atoms with van der Waals surface area (Å²) in [5.41, 5.74) is 0. The summed E-state index contributed by atoms with van der Waals surface area (Å²) in [5.74, 6) is 0.338. The Morgan fingerprint density at radius 1 is 0.429 bits per heavy atom. The Kier molecular flexibility index (Phi) is 22.9. The van der Waals surface area contributed by atoms with Crippen molar-refractivity contribution in [2.24, 2.45) is 0 Å². The van der Waals surface area contributed by atoms with Crippen LogP contribution in [0.4, 0.5) is 0 Å². The summed E-state index contributed by atoms with van der Waals surface area (Å²) >= 11 is 0. The van der Waals surface area contributed by atoms with Gasteiger partial charge in [0.2, 0.25) is 10.0 Å². The van der Waals surface area contributed by atoms with E-state index in [2.05, 4.69) is 56.2 Å². The molecule has 49 heavy (non-hydrogen) atoms. The number of sulfonamides is 1. The zero-order chi connectivity index (χ0) is 37.2. The van der Waals surface area contributed by atoms with E-state index < -0.39 is 20.2 Å². The number of morpholine rings is 1. The molecular formula is C36H78N6O5S2. The highest BCUT2D eigenvalue weighted by molar-refractivity contribution is 7.89. The first-order valence-corrected chi connectivity index (χ1v) is 22.4. The van der Waals surface area contributed by atoms with E-state index in [0.29, 0.717) is 31.4 Å². The quantitative estimate of drug-likeness (QED) is 0.380. The topological polar surface area (TPSA) is 96.9 Å². The maximum Gasteiger partial charge on any atom is 0.281 e. The molecule has 0 atom stereocenters. The minimum atomic E-state index is -3.13. The Labute approximate surface area is 304 Å². The van der Waals surface area contributed by atoms with E-state index in [4.69, 9.17) is 4.74 Å². The van der Waals surface area contributed by atoms with Crippen LogP contribution in [0.5, 0.6) is 0 Å². The zero-order valence-electron chi connectivity index (χ0n) is 33.6. The third-order valence-corrected chi connectivity index (χ3v) is 14.1. The predicted octanol–water partition coefficient (Wildman–Crippen LogP) is 5.20. The van der Waals surface area contributed by atoms with E-state index in [0.717, 1.165) is 57.6 Å². The van der Waals surface area contributed by atoms with Crippen LogP contribution in [0.3, 0.4) is 0 Å². The molecule has 0 spiro atoms. The Morgan fingerprint density at radius 3 is 1.14 bits per heavy atom.